The predicted octanol–water partition coefficient (Wildman–Crippen LogP) is 4.80. The van der Waals surface area contributed by atoms with Gasteiger partial charge in [0.25, 0.3) is 15.9 Å². The minimum absolute atomic E-state index is 0.212. The van der Waals surface area contributed by atoms with Gasteiger partial charge in [0.2, 0.25) is 0 Å². The van der Waals surface area contributed by atoms with Crippen LogP contribution in [0, 0.1) is 0 Å². The molecule has 1 amide bonds. The molecule has 0 aliphatic carbocycles. The maximum Gasteiger partial charge on any atom is 0.264 e. The number of hydrogen-bond donors (Lipinski definition) is 1. The lowest BCUT2D eigenvalue weighted by Crippen LogP contribution is -2.35. The first-order valence-corrected chi connectivity index (χ1v) is 12.2. The minimum atomic E-state index is -3.66. The van der Waals surface area contributed by atoms with E-state index in [0.29, 0.717) is 17.7 Å². The molecular weight excluding hydrogens is 416 g/mol. The molecule has 0 fully saturated rings. The van der Waals surface area contributed by atoms with Gasteiger partial charge < -0.3 is 5.32 Å². The highest BCUT2D eigenvalue weighted by molar-refractivity contribution is 7.98. The van der Waals surface area contributed by atoms with Crippen molar-refractivity contribution in [2.45, 2.75) is 29.2 Å². The third-order valence-corrected chi connectivity index (χ3v) is 7.89. The molecule has 154 valence electrons. The average Bonchev–Trinajstić information content (AvgIpc) is 3.10. The van der Waals surface area contributed by atoms with Crippen LogP contribution < -0.4 is 9.62 Å². The van der Waals surface area contributed by atoms with Crippen LogP contribution in [0.1, 0.15) is 22.8 Å². The van der Waals surface area contributed by atoms with E-state index in [1.54, 1.807) is 60.3 Å². The van der Waals surface area contributed by atoms with Crippen LogP contribution in [0.15, 0.2) is 82.6 Å². The molecule has 3 aromatic rings. The van der Waals surface area contributed by atoms with Gasteiger partial charge in [-0.05, 0) is 67.6 Å². The molecule has 1 aliphatic rings. The van der Waals surface area contributed by atoms with Gasteiger partial charge in [-0.3, -0.25) is 9.10 Å². The van der Waals surface area contributed by atoms with Crippen molar-refractivity contribution in [3.63, 3.8) is 0 Å². The number of carbonyl (C=O) groups excluding carboxylic acids is 1. The van der Waals surface area contributed by atoms with Crippen molar-refractivity contribution in [1.82, 2.24) is 0 Å². The lowest BCUT2D eigenvalue weighted by atomic mass is 10.1. The molecule has 4 rings (SSSR count). The van der Waals surface area contributed by atoms with Gasteiger partial charge >= 0.3 is 0 Å². The maximum absolute atomic E-state index is 13.2. The summed E-state index contributed by atoms with van der Waals surface area (Å²) in [6.07, 6.45) is 2.52. The molecule has 7 heteroatoms. The standard InChI is InChI=1S/C23H22N2O3S2/c1-16-14-18-15-17(23(26)24-20-10-6-7-11-22(20)29-2)12-13-21(18)25(16)30(27,28)19-8-4-3-5-9-19/h3-13,15-16H,14H2,1-2H3,(H,24,26)/t16-/m1/s1. The van der Waals surface area contributed by atoms with Crippen molar-refractivity contribution in [3.05, 3.63) is 83.9 Å². The van der Waals surface area contributed by atoms with E-state index in [-0.39, 0.29) is 16.8 Å². The Morgan fingerprint density at radius 3 is 2.47 bits per heavy atom. The van der Waals surface area contributed by atoms with Crippen LogP contribution in [0.5, 0.6) is 0 Å². The van der Waals surface area contributed by atoms with E-state index in [2.05, 4.69) is 5.32 Å². The molecule has 0 saturated carbocycles. The highest BCUT2D eigenvalue weighted by atomic mass is 32.2. The quantitative estimate of drug-likeness (QED) is 0.581. The van der Waals surface area contributed by atoms with E-state index < -0.39 is 10.0 Å². The highest BCUT2D eigenvalue weighted by Crippen LogP contribution is 2.37. The van der Waals surface area contributed by atoms with Crippen LogP contribution in [0.25, 0.3) is 0 Å². The first-order chi connectivity index (χ1) is 14.4. The Hall–Kier alpha value is -2.77. The fraction of sp³-hybridized carbons (Fsp3) is 0.174. The van der Waals surface area contributed by atoms with Crippen molar-refractivity contribution < 1.29 is 13.2 Å². The van der Waals surface area contributed by atoms with Gasteiger partial charge in [-0.1, -0.05) is 30.3 Å². The summed E-state index contributed by atoms with van der Waals surface area (Å²) < 4.78 is 27.8. The van der Waals surface area contributed by atoms with Gasteiger partial charge in [0, 0.05) is 16.5 Å². The molecule has 30 heavy (non-hydrogen) atoms. The number of anilines is 2. The first-order valence-electron chi connectivity index (χ1n) is 9.58. The fourth-order valence-corrected chi connectivity index (χ4v) is 6.03. The molecule has 0 radical (unpaired) electrons. The van der Waals surface area contributed by atoms with E-state index in [1.807, 2.05) is 37.4 Å². The summed E-state index contributed by atoms with van der Waals surface area (Å²) in [5, 5.41) is 2.96. The molecule has 1 aliphatic heterocycles. The fourth-order valence-electron chi connectivity index (χ4n) is 3.76. The molecule has 0 unspecified atom stereocenters. The van der Waals surface area contributed by atoms with Gasteiger partial charge in [0.1, 0.15) is 0 Å². The SMILES string of the molecule is CSc1ccccc1NC(=O)c1ccc2c(c1)C[C@@H](C)N2S(=O)(=O)c1ccccc1. The number of thioether (sulfide) groups is 1. The summed E-state index contributed by atoms with van der Waals surface area (Å²) in [7, 11) is -3.66. The number of fused-ring (bicyclic) bond motifs is 1. The Kier molecular flexibility index (Phi) is 5.58. The normalized spacial score (nSPS) is 15.7. The maximum atomic E-state index is 13.2. The summed E-state index contributed by atoms with van der Waals surface area (Å²) in [5.41, 5.74) is 2.76. The first kappa shape index (κ1) is 20.5. The number of hydrogen-bond acceptors (Lipinski definition) is 4. The van der Waals surface area contributed by atoms with Crippen molar-refractivity contribution in [2.75, 3.05) is 15.9 Å². The minimum Gasteiger partial charge on any atom is -0.321 e. The summed E-state index contributed by atoms with van der Waals surface area (Å²) in [6.45, 7) is 1.88. The van der Waals surface area contributed by atoms with E-state index in [4.69, 9.17) is 0 Å². The zero-order chi connectivity index (χ0) is 21.3. The van der Waals surface area contributed by atoms with E-state index in [0.717, 1.165) is 16.1 Å². The smallest absolute Gasteiger partial charge is 0.264 e. The van der Waals surface area contributed by atoms with Crippen LogP contribution in [-0.4, -0.2) is 26.6 Å². The predicted molar refractivity (Wildman–Crippen MR) is 122 cm³/mol. The zero-order valence-corrected chi connectivity index (χ0v) is 18.3. The lowest BCUT2D eigenvalue weighted by molar-refractivity contribution is 0.102. The molecule has 0 aromatic heterocycles. The van der Waals surface area contributed by atoms with E-state index >= 15 is 0 Å². The third kappa shape index (κ3) is 3.70. The molecule has 1 heterocycles. The van der Waals surface area contributed by atoms with Crippen LogP contribution in [0.2, 0.25) is 0 Å². The van der Waals surface area contributed by atoms with Crippen LogP contribution >= 0.6 is 11.8 Å². The number of carbonyl (C=O) groups is 1. The van der Waals surface area contributed by atoms with Gasteiger partial charge in [-0.25, -0.2) is 8.42 Å². The monoisotopic (exact) mass is 438 g/mol. The summed E-state index contributed by atoms with van der Waals surface area (Å²) >= 11 is 1.57. The van der Waals surface area contributed by atoms with Gasteiger partial charge in [0.05, 0.1) is 16.3 Å². The number of sulfonamides is 1. The van der Waals surface area contributed by atoms with Crippen LogP contribution in [0.3, 0.4) is 0 Å². The number of rotatable bonds is 5. The lowest BCUT2D eigenvalue weighted by Gasteiger charge is -2.24. The molecular formula is C23H22N2O3S2. The van der Waals surface area contributed by atoms with E-state index in [9.17, 15) is 13.2 Å². The zero-order valence-electron chi connectivity index (χ0n) is 16.7. The largest absolute Gasteiger partial charge is 0.321 e. The Balaban J connectivity index is 1.64. The molecule has 5 nitrogen and oxygen atoms in total. The Labute approximate surface area is 181 Å². The summed E-state index contributed by atoms with van der Waals surface area (Å²) in [4.78, 5) is 14.1. The number of amides is 1. The number of nitrogens with zero attached hydrogens (tertiary/aromatic N) is 1. The van der Waals surface area contributed by atoms with Crippen molar-refractivity contribution in [1.29, 1.82) is 0 Å². The van der Waals surface area contributed by atoms with E-state index in [1.165, 1.54) is 4.31 Å². The molecule has 0 saturated heterocycles. The summed E-state index contributed by atoms with van der Waals surface area (Å²) in [5.74, 6) is -0.212. The molecule has 3 aromatic carbocycles. The second-order valence-corrected chi connectivity index (χ2v) is 9.83. The summed E-state index contributed by atoms with van der Waals surface area (Å²) in [6, 6.07) is 21.1. The number of nitrogens with one attached hydrogen (secondary N) is 1. The van der Waals surface area contributed by atoms with Gasteiger partial charge in [0.15, 0.2) is 0 Å². The van der Waals surface area contributed by atoms with Crippen LogP contribution in [-0.2, 0) is 16.4 Å². The topological polar surface area (TPSA) is 66.5 Å². The number of benzene rings is 3. The molecule has 1 N–H and O–H groups in total. The Morgan fingerprint density at radius 1 is 1.03 bits per heavy atom. The van der Waals surface area contributed by atoms with Crippen molar-refractivity contribution >= 4 is 39.1 Å². The van der Waals surface area contributed by atoms with Gasteiger partial charge in [-0.15, -0.1) is 11.8 Å². The highest BCUT2D eigenvalue weighted by Gasteiger charge is 2.36. The van der Waals surface area contributed by atoms with Gasteiger partial charge in [-0.2, -0.15) is 0 Å². The average molecular weight is 439 g/mol. The molecule has 0 bridgehead atoms. The molecule has 1 atom stereocenters. The second-order valence-electron chi connectivity index (χ2n) is 7.16. The number of para-hydroxylation sites is 1. The third-order valence-electron chi connectivity index (χ3n) is 5.15. The van der Waals surface area contributed by atoms with Crippen LogP contribution in [0.4, 0.5) is 11.4 Å². The van der Waals surface area contributed by atoms with Crippen molar-refractivity contribution in [3.8, 4) is 0 Å². The second kappa shape index (κ2) is 8.16. The Morgan fingerprint density at radius 2 is 1.73 bits per heavy atom. The Bertz CT molecular complexity index is 1190. The van der Waals surface area contributed by atoms with Crippen molar-refractivity contribution in [2.24, 2.45) is 0 Å². The molecule has 0 spiro atoms.